The van der Waals surface area contributed by atoms with E-state index in [9.17, 15) is 9.18 Å². The molecule has 3 rings (SSSR count). The average molecular weight is 331 g/mol. The van der Waals surface area contributed by atoms with Crippen LogP contribution >= 0.6 is 0 Å². The first-order valence-electron chi connectivity index (χ1n) is 8.19. The van der Waals surface area contributed by atoms with Crippen molar-refractivity contribution in [3.05, 3.63) is 47.5 Å². The van der Waals surface area contributed by atoms with Crippen LogP contribution in [0.4, 0.5) is 9.18 Å². The number of urea groups is 1. The summed E-state index contributed by atoms with van der Waals surface area (Å²) in [5.74, 6) is 0.892. The molecule has 24 heavy (non-hydrogen) atoms. The van der Waals surface area contributed by atoms with Gasteiger partial charge in [-0.2, -0.15) is 5.10 Å². The van der Waals surface area contributed by atoms with E-state index in [1.54, 1.807) is 4.90 Å². The molecule has 128 valence electrons. The molecule has 0 aliphatic carbocycles. The zero-order valence-electron chi connectivity index (χ0n) is 13.7. The number of benzene rings is 1. The molecule has 0 bridgehead atoms. The maximum atomic E-state index is 13.3. The molecule has 1 fully saturated rings. The first-order valence-corrected chi connectivity index (χ1v) is 8.19. The van der Waals surface area contributed by atoms with E-state index in [0.717, 1.165) is 6.42 Å². The largest absolute Gasteiger partial charge is 0.338 e. The average Bonchev–Trinajstić information content (AvgIpc) is 3.21. The number of rotatable bonds is 5. The van der Waals surface area contributed by atoms with Gasteiger partial charge < -0.3 is 10.2 Å². The smallest absolute Gasteiger partial charge is 0.317 e. The highest BCUT2D eigenvalue weighted by Gasteiger charge is 2.38. The van der Waals surface area contributed by atoms with Crippen LogP contribution < -0.4 is 5.32 Å². The minimum absolute atomic E-state index is 0.153. The highest BCUT2D eigenvalue weighted by atomic mass is 19.1. The molecule has 1 aromatic carbocycles. The van der Waals surface area contributed by atoms with E-state index in [1.807, 2.05) is 37.3 Å². The summed E-state index contributed by atoms with van der Waals surface area (Å²) in [6.45, 7) is 2.73. The third kappa shape index (κ3) is 3.72. The Morgan fingerprint density at radius 1 is 1.38 bits per heavy atom. The number of carbonyl (C=O) groups is 1. The van der Waals surface area contributed by atoms with Crippen LogP contribution in [0.5, 0.6) is 0 Å². The van der Waals surface area contributed by atoms with Crippen LogP contribution in [0, 0.1) is 12.8 Å². The third-order valence-electron chi connectivity index (χ3n) is 4.41. The van der Waals surface area contributed by atoms with Crippen molar-refractivity contribution in [3.8, 4) is 0 Å². The standard InChI is InChI=1S/C17H22FN5O/c1-12-20-16(22-21-12)15-11-23(10-14(15)9-18)17(24)19-8-7-13-5-3-2-4-6-13/h2-6,14-15H,7-11H2,1H3,(H,19,24)(H,20,21,22). The first kappa shape index (κ1) is 16.4. The Morgan fingerprint density at radius 3 is 2.83 bits per heavy atom. The van der Waals surface area contributed by atoms with Crippen molar-refractivity contribution in [2.45, 2.75) is 19.3 Å². The predicted octanol–water partition coefficient (Wildman–Crippen LogP) is 2.05. The van der Waals surface area contributed by atoms with E-state index < -0.39 is 6.67 Å². The molecule has 0 saturated carbocycles. The van der Waals surface area contributed by atoms with Crippen molar-refractivity contribution in [3.63, 3.8) is 0 Å². The number of aromatic amines is 1. The molecular weight excluding hydrogens is 309 g/mol. The zero-order chi connectivity index (χ0) is 16.9. The monoisotopic (exact) mass is 331 g/mol. The van der Waals surface area contributed by atoms with Gasteiger partial charge in [0.1, 0.15) is 5.82 Å². The summed E-state index contributed by atoms with van der Waals surface area (Å²) in [4.78, 5) is 18.3. The predicted molar refractivity (Wildman–Crippen MR) is 88.4 cm³/mol. The minimum Gasteiger partial charge on any atom is -0.338 e. The lowest BCUT2D eigenvalue weighted by molar-refractivity contribution is 0.206. The number of halogens is 1. The van der Waals surface area contributed by atoms with E-state index in [1.165, 1.54) is 5.56 Å². The summed E-state index contributed by atoms with van der Waals surface area (Å²) in [6.07, 6.45) is 0.774. The molecule has 1 saturated heterocycles. The first-order chi connectivity index (χ1) is 11.7. The van der Waals surface area contributed by atoms with Gasteiger partial charge in [0.05, 0.1) is 6.67 Å². The normalized spacial score (nSPS) is 20.3. The van der Waals surface area contributed by atoms with Crippen molar-refractivity contribution in [2.75, 3.05) is 26.3 Å². The Balaban J connectivity index is 1.54. The molecule has 2 N–H and O–H groups in total. The minimum atomic E-state index is -0.480. The molecule has 2 unspecified atom stereocenters. The van der Waals surface area contributed by atoms with E-state index >= 15 is 0 Å². The second-order valence-corrected chi connectivity index (χ2v) is 6.17. The number of H-pyrrole nitrogens is 1. The molecule has 2 atom stereocenters. The number of nitrogens with zero attached hydrogens (tertiary/aromatic N) is 3. The van der Waals surface area contributed by atoms with Gasteiger partial charge in [0.15, 0.2) is 5.82 Å². The second kappa shape index (κ2) is 7.42. The number of hydrogen-bond donors (Lipinski definition) is 2. The number of nitrogens with one attached hydrogen (secondary N) is 2. The molecule has 7 heteroatoms. The van der Waals surface area contributed by atoms with Gasteiger partial charge in [-0.3, -0.25) is 9.49 Å². The maximum absolute atomic E-state index is 13.3. The molecule has 1 aliphatic heterocycles. The third-order valence-corrected chi connectivity index (χ3v) is 4.41. The summed E-state index contributed by atoms with van der Waals surface area (Å²) in [5.41, 5.74) is 1.18. The summed E-state index contributed by atoms with van der Waals surface area (Å²) >= 11 is 0. The SMILES string of the molecule is Cc1nc(C2CN(C(=O)NCCc3ccccc3)CC2CF)n[nH]1. The van der Waals surface area contributed by atoms with E-state index in [0.29, 0.717) is 31.3 Å². The zero-order valence-corrected chi connectivity index (χ0v) is 13.7. The number of carbonyl (C=O) groups excluding carboxylic acids is 1. The molecule has 0 radical (unpaired) electrons. The lowest BCUT2D eigenvalue weighted by Gasteiger charge is -2.17. The molecule has 2 amide bonds. The summed E-state index contributed by atoms with van der Waals surface area (Å²) in [5, 5.41) is 9.83. The van der Waals surface area contributed by atoms with Crippen LogP contribution in [0.1, 0.15) is 23.1 Å². The number of alkyl halides is 1. The fraction of sp³-hybridized carbons (Fsp3) is 0.471. The van der Waals surface area contributed by atoms with Crippen molar-refractivity contribution in [1.82, 2.24) is 25.4 Å². The van der Waals surface area contributed by atoms with Crippen molar-refractivity contribution >= 4 is 6.03 Å². The summed E-state index contributed by atoms with van der Waals surface area (Å²) in [7, 11) is 0. The molecule has 2 heterocycles. The van der Waals surface area contributed by atoms with Gasteiger partial charge in [0.25, 0.3) is 0 Å². The van der Waals surface area contributed by atoms with Gasteiger partial charge in [-0.15, -0.1) is 0 Å². The number of hydrogen-bond acceptors (Lipinski definition) is 3. The van der Waals surface area contributed by atoms with Crippen LogP contribution in [-0.2, 0) is 6.42 Å². The topological polar surface area (TPSA) is 73.9 Å². The highest BCUT2D eigenvalue weighted by Crippen LogP contribution is 2.31. The Bertz CT molecular complexity index is 675. The Hall–Kier alpha value is -2.44. The number of likely N-dealkylation sites (tertiary alicyclic amines) is 1. The van der Waals surface area contributed by atoms with E-state index in [-0.39, 0.29) is 17.9 Å². The molecule has 6 nitrogen and oxygen atoms in total. The van der Waals surface area contributed by atoms with Crippen LogP contribution in [-0.4, -0.2) is 52.4 Å². The van der Waals surface area contributed by atoms with Crippen LogP contribution in [0.15, 0.2) is 30.3 Å². The van der Waals surface area contributed by atoms with E-state index in [4.69, 9.17) is 0 Å². The summed E-state index contributed by atoms with van der Waals surface area (Å²) in [6, 6.07) is 9.83. The van der Waals surface area contributed by atoms with Gasteiger partial charge in [0.2, 0.25) is 0 Å². The van der Waals surface area contributed by atoms with Gasteiger partial charge in [-0.1, -0.05) is 30.3 Å². The molecule has 0 spiro atoms. The van der Waals surface area contributed by atoms with E-state index in [2.05, 4.69) is 20.5 Å². The molecule has 1 aliphatic rings. The number of aromatic nitrogens is 3. The fourth-order valence-corrected chi connectivity index (χ4v) is 3.08. The van der Waals surface area contributed by atoms with Crippen molar-refractivity contribution in [1.29, 1.82) is 0 Å². The summed E-state index contributed by atoms with van der Waals surface area (Å²) < 4.78 is 13.3. The van der Waals surface area contributed by atoms with Crippen molar-refractivity contribution in [2.24, 2.45) is 5.92 Å². The Labute approximate surface area is 140 Å². The Kier molecular flexibility index (Phi) is 5.08. The molecule has 1 aromatic heterocycles. The Morgan fingerprint density at radius 2 is 2.17 bits per heavy atom. The quantitative estimate of drug-likeness (QED) is 0.880. The van der Waals surface area contributed by atoms with Gasteiger partial charge >= 0.3 is 6.03 Å². The molecular formula is C17H22FN5O. The molecule has 2 aromatic rings. The van der Waals surface area contributed by atoms with Gasteiger partial charge in [-0.05, 0) is 18.9 Å². The highest BCUT2D eigenvalue weighted by molar-refractivity contribution is 5.74. The van der Waals surface area contributed by atoms with Gasteiger partial charge in [0, 0.05) is 31.5 Å². The van der Waals surface area contributed by atoms with Crippen LogP contribution in [0.25, 0.3) is 0 Å². The maximum Gasteiger partial charge on any atom is 0.317 e. The lowest BCUT2D eigenvalue weighted by Crippen LogP contribution is -2.39. The van der Waals surface area contributed by atoms with Crippen LogP contribution in [0.3, 0.4) is 0 Å². The van der Waals surface area contributed by atoms with Crippen molar-refractivity contribution < 1.29 is 9.18 Å². The second-order valence-electron chi connectivity index (χ2n) is 6.17. The number of aryl methyl sites for hydroxylation is 1. The van der Waals surface area contributed by atoms with Gasteiger partial charge in [-0.25, -0.2) is 9.78 Å². The number of amides is 2. The lowest BCUT2D eigenvalue weighted by atomic mass is 9.97. The van der Waals surface area contributed by atoms with Crippen LogP contribution in [0.2, 0.25) is 0 Å². The fourth-order valence-electron chi connectivity index (χ4n) is 3.08.